The summed E-state index contributed by atoms with van der Waals surface area (Å²) in [7, 11) is 0. The van der Waals surface area contributed by atoms with Crippen molar-refractivity contribution in [2.75, 3.05) is 18.0 Å². The Labute approximate surface area is 117 Å². The van der Waals surface area contributed by atoms with Gasteiger partial charge in [-0.1, -0.05) is 0 Å². The van der Waals surface area contributed by atoms with Crippen LogP contribution < -0.4 is 4.90 Å². The Hall–Kier alpha value is -2.42. The van der Waals surface area contributed by atoms with Gasteiger partial charge in [0, 0.05) is 25.8 Å². The molecule has 1 unspecified atom stereocenters. The molecular formula is C14H16N6. The molecule has 1 saturated heterocycles. The van der Waals surface area contributed by atoms with Gasteiger partial charge in [-0.2, -0.15) is 10.4 Å². The molecule has 6 nitrogen and oxygen atoms in total. The van der Waals surface area contributed by atoms with Crippen molar-refractivity contribution < 1.29 is 0 Å². The van der Waals surface area contributed by atoms with Crippen LogP contribution in [0.1, 0.15) is 18.4 Å². The highest BCUT2D eigenvalue weighted by atomic mass is 15.3. The Morgan fingerprint density at radius 2 is 2.35 bits per heavy atom. The van der Waals surface area contributed by atoms with Crippen molar-refractivity contribution in [1.29, 1.82) is 5.26 Å². The Morgan fingerprint density at radius 3 is 3.05 bits per heavy atom. The molecule has 0 radical (unpaired) electrons. The van der Waals surface area contributed by atoms with Crippen molar-refractivity contribution in [3.8, 4) is 6.07 Å². The largest absolute Gasteiger partial charge is 0.356 e. The summed E-state index contributed by atoms with van der Waals surface area (Å²) in [6, 6.07) is 5.85. The first-order valence-electron chi connectivity index (χ1n) is 6.78. The van der Waals surface area contributed by atoms with E-state index >= 15 is 0 Å². The van der Waals surface area contributed by atoms with E-state index in [2.05, 4.69) is 26.0 Å². The van der Waals surface area contributed by atoms with E-state index in [1.807, 2.05) is 16.8 Å². The molecule has 1 atom stereocenters. The van der Waals surface area contributed by atoms with Gasteiger partial charge in [-0.15, -0.1) is 0 Å². The average Bonchev–Trinajstić information content (AvgIpc) is 3.01. The second-order valence-electron chi connectivity index (χ2n) is 5.09. The first-order valence-corrected chi connectivity index (χ1v) is 6.78. The molecule has 1 fully saturated rings. The van der Waals surface area contributed by atoms with E-state index in [1.165, 1.54) is 6.42 Å². The van der Waals surface area contributed by atoms with Gasteiger partial charge >= 0.3 is 0 Å². The lowest BCUT2D eigenvalue weighted by Gasteiger charge is -2.33. The SMILES string of the molecule is N#Cc1ccc(N2CCCC(Cn3cncn3)C2)nc1. The topological polar surface area (TPSA) is 70.6 Å². The van der Waals surface area contributed by atoms with Gasteiger partial charge < -0.3 is 4.90 Å². The van der Waals surface area contributed by atoms with E-state index in [9.17, 15) is 0 Å². The summed E-state index contributed by atoms with van der Waals surface area (Å²) in [5.74, 6) is 1.51. The van der Waals surface area contributed by atoms with Crippen molar-refractivity contribution >= 4 is 5.82 Å². The molecule has 0 aromatic carbocycles. The number of pyridine rings is 1. The molecule has 3 rings (SSSR count). The van der Waals surface area contributed by atoms with E-state index in [-0.39, 0.29) is 0 Å². The van der Waals surface area contributed by atoms with Crippen LogP contribution in [0.15, 0.2) is 31.0 Å². The number of aromatic nitrogens is 4. The molecule has 0 bridgehead atoms. The molecule has 1 aliphatic rings. The van der Waals surface area contributed by atoms with Crippen LogP contribution >= 0.6 is 0 Å². The zero-order valence-electron chi connectivity index (χ0n) is 11.2. The molecule has 102 valence electrons. The van der Waals surface area contributed by atoms with Crippen LogP contribution in [0.4, 0.5) is 5.82 Å². The van der Waals surface area contributed by atoms with E-state index in [4.69, 9.17) is 5.26 Å². The molecule has 20 heavy (non-hydrogen) atoms. The molecule has 0 saturated carbocycles. The van der Waals surface area contributed by atoms with Crippen LogP contribution in [-0.2, 0) is 6.54 Å². The Morgan fingerprint density at radius 1 is 1.40 bits per heavy atom. The Kier molecular flexibility index (Phi) is 3.59. The molecular weight excluding hydrogens is 252 g/mol. The normalized spacial score (nSPS) is 18.8. The lowest BCUT2D eigenvalue weighted by atomic mass is 9.98. The first-order chi connectivity index (χ1) is 9.85. The van der Waals surface area contributed by atoms with Gasteiger partial charge in [0.1, 0.15) is 24.5 Å². The predicted octanol–water partition coefficient (Wildman–Crippen LogP) is 1.46. The molecule has 0 spiro atoms. The maximum Gasteiger partial charge on any atom is 0.137 e. The highest BCUT2D eigenvalue weighted by Crippen LogP contribution is 2.22. The van der Waals surface area contributed by atoms with E-state index in [0.717, 1.165) is 31.9 Å². The fourth-order valence-corrected chi connectivity index (χ4v) is 2.65. The van der Waals surface area contributed by atoms with Gasteiger partial charge in [-0.3, -0.25) is 4.68 Å². The molecule has 0 amide bonds. The highest BCUT2D eigenvalue weighted by molar-refractivity contribution is 5.42. The fourth-order valence-electron chi connectivity index (χ4n) is 2.65. The predicted molar refractivity (Wildman–Crippen MR) is 73.9 cm³/mol. The molecule has 2 aromatic heterocycles. The summed E-state index contributed by atoms with van der Waals surface area (Å²) in [5, 5.41) is 13.0. The van der Waals surface area contributed by atoms with Gasteiger partial charge in [-0.25, -0.2) is 9.97 Å². The molecule has 0 aliphatic carbocycles. The van der Waals surface area contributed by atoms with Gasteiger partial charge in [0.15, 0.2) is 0 Å². The minimum absolute atomic E-state index is 0.558. The zero-order chi connectivity index (χ0) is 13.8. The van der Waals surface area contributed by atoms with Crippen LogP contribution in [0.25, 0.3) is 0 Å². The number of nitriles is 1. The van der Waals surface area contributed by atoms with Crippen molar-refractivity contribution in [3.05, 3.63) is 36.5 Å². The lowest BCUT2D eigenvalue weighted by molar-refractivity contribution is 0.350. The summed E-state index contributed by atoms with van der Waals surface area (Å²) in [5.41, 5.74) is 0.602. The number of rotatable bonds is 3. The van der Waals surface area contributed by atoms with Gasteiger partial charge in [-0.05, 0) is 30.9 Å². The lowest BCUT2D eigenvalue weighted by Crippen LogP contribution is -2.37. The first kappa shape index (κ1) is 12.6. The zero-order valence-corrected chi connectivity index (χ0v) is 11.2. The van der Waals surface area contributed by atoms with E-state index in [0.29, 0.717) is 11.5 Å². The Balaban J connectivity index is 1.66. The quantitative estimate of drug-likeness (QED) is 0.842. The van der Waals surface area contributed by atoms with Crippen molar-refractivity contribution in [2.45, 2.75) is 19.4 Å². The smallest absolute Gasteiger partial charge is 0.137 e. The minimum Gasteiger partial charge on any atom is -0.356 e. The van der Waals surface area contributed by atoms with Crippen LogP contribution in [0, 0.1) is 17.2 Å². The molecule has 6 heteroatoms. The van der Waals surface area contributed by atoms with Crippen LogP contribution in [0.3, 0.4) is 0 Å². The third-order valence-electron chi connectivity index (χ3n) is 3.63. The second kappa shape index (κ2) is 5.70. The van der Waals surface area contributed by atoms with Crippen LogP contribution in [-0.4, -0.2) is 32.8 Å². The molecule has 0 N–H and O–H groups in total. The van der Waals surface area contributed by atoms with E-state index < -0.39 is 0 Å². The monoisotopic (exact) mass is 268 g/mol. The maximum atomic E-state index is 8.81. The number of piperidine rings is 1. The molecule has 3 heterocycles. The van der Waals surface area contributed by atoms with Gasteiger partial charge in [0.2, 0.25) is 0 Å². The van der Waals surface area contributed by atoms with Crippen molar-refractivity contribution in [2.24, 2.45) is 5.92 Å². The fraction of sp³-hybridized carbons (Fsp3) is 0.429. The van der Waals surface area contributed by atoms with E-state index in [1.54, 1.807) is 18.9 Å². The Bertz CT molecular complexity index is 583. The summed E-state index contributed by atoms with van der Waals surface area (Å²) in [6.45, 7) is 2.89. The van der Waals surface area contributed by atoms with Gasteiger partial charge in [0.25, 0.3) is 0 Å². The number of hydrogen-bond donors (Lipinski definition) is 0. The minimum atomic E-state index is 0.558. The molecule has 2 aromatic rings. The standard InChI is InChI=1S/C14H16N6/c15-6-12-3-4-14(17-7-12)19-5-1-2-13(8-19)9-20-11-16-10-18-20/h3-4,7,10-11,13H,1-2,5,8-9H2. The van der Waals surface area contributed by atoms with Crippen molar-refractivity contribution in [3.63, 3.8) is 0 Å². The maximum absolute atomic E-state index is 8.81. The third-order valence-corrected chi connectivity index (χ3v) is 3.63. The van der Waals surface area contributed by atoms with Crippen LogP contribution in [0.5, 0.6) is 0 Å². The van der Waals surface area contributed by atoms with Gasteiger partial charge in [0.05, 0.1) is 5.56 Å². The summed E-state index contributed by atoms with van der Waals surface area (Å²) >= 11 is 0. The van der Waals surface area contributed by atoms with Crippen molar-refractivity contribution in [1.82, 2.24) is 19.7 Å². The van der Waals surface area contributed by atoms with Crippen LogP contribution in [0.2, 0.25) is 0 Å². The third kappa shape index (κ3) is 2.77. The summed E-state index contributed by atoms with van der Waals surface area (Å²) in [6.07, 6.45) is 7.33. The summed E-state index contributed by atoms with van der Waals surface area (Å²) < 4.78 is 1.89. The average molecular weight is 268 g/mol. The number of anilines is 1. The summed E-state index contributed by atoms with van der Waals surface area (Å²) in [4.78, 5) is 10.6. The number of nitrogens with zero attached hydrogens (tertiary/aromatic N) is 6. The highest BCUT2D eigenvalue weighted by Gasteiger charge is 2.21. The second-order valence-corrected chi connectivity index (χ2v) is 5.09. The molecule has 1 aliphatic heterocycles. The number of hydrogen-bond acceptors (Lipinski definition) is 5.